The van der Waals surface area contributed by atoms with Gasteiger partial charge in [0.15, 0.2) is 0 Å². The summed E-state index contributed by atoms with van der Waals surface area (Å²) >= 11 is 0. The van der Waals surface area contributed by atoms with Crippen LogP contribution in [0.15, 0.2) is 64.4 Å². The number of nitrogens with one attached hydrogen (secondary N) is 1. The lowest BCUT2D eigenvalue weighted by Gasteiger charge is -2.50. The number of aliphatic imine (C=N–C) groups is 1. The molecule has 7 rings (SSSR count). The number of benzene rings is 2. The van der Waals surface area contributed by atoms with Crippen LogP contribution in [-0.2, 0) is 32.2 Å². The molecule has 0 spiro atoms. The molecule has 0 bridgehead atoms. The fourth-order valence-electron chi connectivity index (χ4n) is 7.22. The lowest BCUT2D eigenvalue weighted by Crippen LogP contribution is -2.74. The molecule has 13 nitrogen and oxygen atoms in total. The molecular formula is C36H32F3N5O8. The Hall–Kier alpha value is -5.61. The molecule has 3 aliphatic rings. The van der Waals surface area contributed by atoms with E-state index in [1.165, 1.54) is 42.7 Å². The number of aromatic nitrogens is 2. The molecule has 270 valence electrons. The zero-order valence-corrected chi connectivity index (χ0v) is 27.8. The van der Waals surface area contributed by atoms with Crippen LogP contribution in [0.3, 0.4) is 0 Å². The van der Waals surface area contributed by atoms with Crippen LogP contribution < -0.4 is 10.9 Å². The van der Waals surface area contributed by atoms with Crippen LogP contribution in [0.4, 0.5) is 23.7 Å². The number of nitrogens with zero attached hydrogens (tertiary/aromatic N) is 4. The lowest BCUT2D eigenvalue weighted by molar-refractivity contribution is -0.331. The molecule has 3 aliphatic heterocycles. The van der Waals surface area contributed by atoms with Gasteiger partial charge in [0.1, 0.15) is 12.5 Å². The van der Waals surface area contributed by atoms with E-state index in [1.54, 1.807) is 24.4 Å². The summed E-state index contributed by atoms with van der Waals surface area (Å²) in [5.74, 6) is -4.20. The molecule has 0 radical (unpaired) electrons. The summed E-state index contributed by atoms with van der Waals surface area (Å²) in [4.78, 5) is 61.1. The van der Waals surface area contributed by atoms with E-state index in [0.717, 1.165) is 5.39 Å². The predicted octanol–water partition coefficient (Wildman–Crippen LogP) is 4.17. The number of alkyl halides is 3. The number of amides is 2. The van der Waals surface area contributed by atoms with E-state index in [0.29, 0.717) is 39.3 Å². The van der Waals surface area contributed by atoms with E-state index >= 15 is 0 Å². The third-order valence-electron chi connectivity index (χ3n) is 9.70. The van der Waals surface area contributed by atoms with Crippen molar-refractivity contribution in [2.24, 2.45) is 10.9 Å². The highest BCUT2D eigenvalue weighted by atomic mass is 19.4. The maximum atomic E-state index is 14.5. The highest BCUT2D eigenvalue weighted by Crippen LogP contribution is 2.47. The zero-order valence-electron chi connectivity index (χ0n) is 27.8. The summed E-state index contributed by atoms with van der Waals surface area (Å²) in [5.41, 5.74) is -0.439. The number of rotatable bonds is 6. The molecule has 4 unspecified atom stereocenters. The molecular weight excluding hydrogens is 687 g/mol. The van der Waals surface area contributed by atoms with Gasteiger partial charge in [-0.15, -0.1) is 0 Å². The van der Waals surface area contributed by atoms with Crippen LogP contribution in [0, 0.1) is 5.92 Å². The molecule has 2 aromatic carbocycles. The average molecular weight is 720 g/mol. The van der Waals surface area contributed by atoms with E-state index in [4.69, 9.17) is 14.5 Å². The first-order chi connectivity index (χ1) is 24.8. The van der Waals surface area contributed by atoms with Crippen molar-refractivity contribution in [3.05, 3.63) is 92.8 Å². The van der Waals surface area contributed by atoms with Crippen molar-refractivity contribution in [3.8, 4) is 11.4 Å². The molecule has 1 saturated heterocycles. The summed E-state index contributed by atoms with van der Waals surface area (Å²) in [6.45, 7) is 1.73. The Bertz CT molecular complexity index is 2220. The molecule has 0 aliphatic carbocycles. The van der Waals surface area contributed by atoms with Gasteiger partial charge >= 0.3 is 24.1 Å². The Morgan fingerprint density at radius 1 is 1.13 bits per heavy atom. The molecule has 16 heteroatoms. The SMILES string of the molecule is CCOC(=O)C1C(c2ccc(N=Cc3c4c(nc5ccccc35)-c3cc5c(c(=O)n3C4)COC(=O)CC5O)cc2)NC(=O)N(CC)C1(O)C(F)(F)F. The zero-order chi connectivity index (χ0) is 37.1. The summed E-state index contributed by atoms with van der Waals surface area (Å²) in [6.07, 6.45) is -5.33. The number of halogens is 3. The molecule has 3 N–H and O–H groups in total. The van der Waals surface area contributed by atoms with Crippen molar-refractivity contribution < 1.29 is 47.2 Å². The molecule has 5 heterocycles. The van der Waals surface area contributed by atoms with E-state index in [-0.39, 0.29) is 42.2 Å². The minimum absolute atomic E-state index is 0.0986. The van der Waals surface area contributed by atoms with Crippen LogP contribution >= 0.6 is 0 Å². The van der Waals surface area contributed by atoms with Gasteiger partial charge in [0.05, 0.1) is 59.9 Å². The van der Waals surface area contributed by atoms with Gasteiger partial charge in [0.25, 0.3) is 11.3 Å². The highest BCUT2D eigenvalue weighted by molar-refractivity contribution is 6.03. The number of para-hydroxylation sites is 1. The van der Waals surface area contributed by atoms with Crippen LogP contribution in [-0.4, -0.2) is 73.9 Å². The van der Waals surface area contributed by atoms with Gasteiger partial charge in [-0.1, -0.05) is 30.3 Å². The molecule has 4 atom stereocenters. The third kappa shape index (κ3) is 5.49. The van der Waals surface area contributed by atoms with Gasteiger partial charge in [-0.3, -0.25) is 24.3 Å². The first-order valence-electron chi connectivity index (χ1n) is 16.5. The number of ether oxygens (including phenoxy) is 2. The number of esters is 2. The molecule has 1 fully saturated rings. The van der Waals surface area contributed by atoms with E-state index in [9.17, 15) is 42.6 Å². The van der Waals surface area contributed by atoms with E-state index in [2.05, 4.69) is 10.3 Å². The van der Waals surface area contributed by atoms with Gasteiger partial charge in [-0.05, 0) is 49.2 Å². The van der Waals surface area contributed by atoms with Gasteiger partial charge in [0.2, 0.25) is 0 Å². The maximum absolute atomic E-state index is 14.5. The summed E-state index contributed by atoms with van der Waals surface area (Å²) in [5, 5.41) is 25.0. The number of hydrogen-bond acceptors (Lipinski definition) is 10. The van der Waals surface area contributed by atoms with Gasteiger partial charge in [0, 0.05) is 29.3 Å². The Morgan fingerprint density at radius 2 is 1.87 bits per heavy atom. The maximum Gasteiger partial charge on any atom is 0.437 e. The monoisotopic (exact) mass is 719 g/mol. The highest BCUT2D eigenvalue weighted by Gasteiger charge is 2.70. The molecule has 52 heavy (non-hydrogen) atoms. The minimum atomic E-state index is -5.40. The summed E-state index contributed by atoms with van der Waals surface area (Å²) < 4.78 is 55.1. The standard InChI is InChI=1S/C36H32F3N5O8/c1-3-44-34(49)42-30(29(33(48)51-4-2)35(44,50)36(37,38)39)18-9-11-19(12-10-18)40-15-22-20-7-5-6-8-25(20)41-31-23(22)16-43-26(31)13-21-24(32(43)47)17-52-28(46)14-27(21)45/h5-13,15,27,29-30,45,50H,3-4,14,16-17H2,1-2H3,(H,42,49). The molecule has 0 saturated carbocycles. The fraction of sp³-hybridized carbons (Fsp3) is 0.333. The number of carbonyl (C=O) groups excluding carboxylic acids is 3. The van der Waals surface area contributed by atoms with Crippen molar-refractivity contribution in [1.29, 1.82) is 0 Å². The topological polar surface area (TPSA) is 173 Å². The number of aliphatic hydroxyl groups excluding tert-OH is 1. The quantitative estimate of drug-likeness (QED) is 0.172. The number of carbonyl (C=O) groups is 3. The second-order valence-electron chi connectivity index (χ2n) is 12.6. The van der Waals surface area contributed by atoms with Crippen LogP contribution in [0.1, 0.15) is 60.2 Å². The van der Waals surface area contributed by atoms with Gasteiger partial charge < -0.3 is 29.6 Å². The number of pyridine rings is 2. The van der Waals surface area contributed by atoms with Crippen molar-refractivity contribution in [1.82, 2.24) is 19.8 Å². The Kier molecular flexibility index (Phi) is 8.61. The van der Waals surface area contributed by atoms with Gasteiger partial charge in [-0.25, -0.2) is 9.78 Å². The van der Waals surface area contributed by atoms with Crippen LogP contribution in [0.25, 0.3) is 22.3 Å². The second kappa shape index (κ2) is 12.9. The third-order valence-corrected chi connectivity index (χ3v) is 9.70. The predicted molar refractivity (Wildman–Crippen MR) is 178 cm³/mol. The smallest absolute Gasteiger partial charge is 0.437 e. The van der Waals surface area contributed by atoms with Crippen molar-refractivity contribution in [2.45, 2.75) is 57.5 Å². The number of aliphatic hydroxyl groups is 2. The lowest BCUT2D eigenvalue weighted by atomic mass is 9.80. The molecule has 4 aromatic rings. The molecule has 2 amide bonds. The average Bonchev–Trinajstić information content (AvgIpc) is 3.40. The normalized spacial score (nSPS) is 22.8. The Balaban J connectivity index is 1.26. The second-order valence-corrected chi connectivity index (χ2v) is 12.6. The largest absolute Gasteiger partial charge is 0.466 e. The van der Waals surface area contributed by atoms with E-state index in [1.807, 2.05) is 12.1 Å². The minimum Gasteiger partial charge on any atom is -0.466 e. The fourth-order valence-corrected chi connectivity index (χ4v) is 7.22. The Morgan fingerprint density at radius 3 is 2.56 bits per heavy atom. The molecule has 2 aromatic heterocycles. The summed E-state index contributed by atoms with van der Waals surface area (Å²) in [6, 6.07) is 11.9. The van der Waals surface area contributed by atoms with Crippen molar-refractivity contribution in [2.75, 3.05) is 13.2 Å². The number of urea groups is 1. The van der Waals surface area contributed by atoms with Crippen LogP contribution in [0.5, 0.6) is 0 Å². The number of fused-ring (bicyclic) bond motifs is 5. The Labute approximate surface area is 293 Å². The van der Waals surface area contributed by atoms with Crippen molar-refractivity contribution >= 4 is 40.8 Å². The first-order valence-corrected chi connectivity index (χ1v) is 16.5. The van der Waals surface area contributed by atoms with Gasteiger partial charge in [-0.2, -0.15) is 13.2 Å². The number of cyclic esters (lactones) is 1. The van der Waals surface area contributed by atoms with E-state index < -0.39 is 60.0 Å². The number of hydrogen-bond donors (Lipinski definition) is 3. The van der Waals surface area contributed by atoms with Crippen molar-refractivity contribution in [3.63, 3.8) is 0 Å². The van der Waals surface area contributed by atoms with Crippen LogP contribution in [0.2, 0.25) is 0 Å². The first kappa shape index (κ1) is 34.8. The summed E-state index contributed by atoms with van der Waals surface area (Å²) in [7, 11) is 0.